The van der Waals surface area contributed by atoms with Crippen LogP contribution in [0.3, 0.4) is 0 Å². The monoisotopic (exact) mass is 437 g/mol. The van der Waals surface area contributed by atoms with Gasteiger partial charge in [0.15, 0.2) is 17.6 Å². The highest BCUT2D eigenvalue weighted by Gasteiger charge is 2.59. The molecule has 2 N–H and O–H groups in total. The summed E-state index contributed by atoms with van der Waals surface area (Å²) in [4.78, 5) is 9.64. The normalized spacial score (nSPS) is 31.3. The van der Waals surface area contributed by atoms with Gasteiger partial charge >= 0.3 is 0 Å². The molecule has 4 aliphatic rings. The van der Waals surface area contributed by atoms with Gasteiger partial charge in [0.05, 0.1) is 6.04 Å². The van der Waals surface area contributed by atoms with Crippen LogP contribution in [0, 0.1) is 34.6 Å². The number of aromatic nitrogens is 2. The van der Waals surface area contributed by atoms with Gasteiger partial charge in [-0.3, -0.25) is 10.3 Å². The molecule has 0 radical (unpaired) electrons. The Morgan fingerprint density at radius 1 is 1.26 bits per heavy atom. The first-order chi connectivity index (χ1) is 14.8. The Hall–Kier alpha value is -2.52. The third kappa shape index (κ3) is 3.40. The molecule has 0 amide bonds. The topological polar surface area (TPSA) is 88.8 Å². The second kappa shape index (κ2) is 7.27. The van der Waals surface area contributed by atoms with Crippen LogP contribution < -0.4 is 4.74 Å². The average Bonchev–Trinajstić information content (AvgIpc) is 3.27. The van der Waals surface area contributed by atoms with Crippen LogP contribution >= 0.6 is 11.6 Å². The van der Waals surface area contributed by atoms with Crippen molar-refractivity contribution in [2.24, 2.45) is 17.8 Å². The third-order valence-electron chi connectivity index (χ3n) is 7.63. The Morgan fingerprint density at radius 3 is 2.52 bits per heavy atom. The molecule has 1 heterocycles. The molecular formula is C24H28ClN5O. The van der Waals surface area contributed by atoms with Crippen molar-refractivity contribution >= 4 is 17.4 Å². The summed E-state index contributed by atoms with van der Waals surface area (Å²) in [6.45, 7) is 3.71. The highest BCUT2D eigenvalue weighted by Crippen LogP contribution is 2.61. The molecule has 1 aromatic heterocycles. The number of nitrogens with zero attached hydrogens (tertiary/aromatic N) is 3. The van der Waals surface area contributed by atoms with E-state index in [1.807, 2.05) is 26.2 Å². The molecule has 0 aliphatic heterocycles. The van der Waals surface area contributed by atoms with Gasteiger partial charge in [0.2, 0.25) is 0 Å². The van der Waals surface area contributed by atoms with Crippen LogP contribution in [-0.2, 0) is 5.41 Å². The molecule has 1 aromatic carbocycles. The van der Waals surface area contributed by atoms with Gasteiger partial charge in [0, 0.05) is 22.8 Å². The van der Waals surface area contributed by atoms with E-state index < -0.39 is 5.60 Å². The molecule has 2 aromatic rings. The number of rotatable bonds is 5. The summed E-state index contributed by atoms with van der Waals surface area (Å²) in [5, 5.41) is 19.7. The lowest BCUT2D eigenvalue weighted by atomic mass is 9.47. The Balaban J connectivity index is 1.38. The molecule has 6 nitrogen and oxygen atoms in total. The molecule has 2 unspecified atom stereocenters. The van der Waals surface area contributed by atoms with Crippen molar-refractivity contribution in [2.75, 3.05) is 0 Å². The van der Waals surface area contributed by atoms with E-state index in [1.54, 1.807) is 29.2 Å². The van der Waals surface area contributed by atoms with Crippen molar-refractivity contribution in [3.63, 3.8) is 0 Å². The number of aromatic amines is 1. The highest BCUT2D eigenvalue weighted by molar-refractivity contribution is 6.30. The minimum absolute atomic E-state index is 0.0604. The van der Waals surface area contributed by atoms with E-state index in [9.17, 15) is 5.26 Å². The molecule has 162 valence electrons. The second-order valence-corrected chi connectivity index (χ2v) is 10.5. The van der Waals surface area contributed by atoms with Crippen LogP contribution in [0.2, 0.25) is 5.02 Å². The van der Waals surface area contributed by atoms with Crippen LogP contribution in [0.4, 0.5) is 0 Å². The number of benzene rings is 1. The van der Waals surface area contributed by atoms with Crippen molar-refractivity contribution in [1.29, 1.82) is 10.7 Å². The molecule has 4 aliphatic carbocycles. The van der Waals surface area contributed by atoms with Crippen molar-refractivity contribution < 1.29 is 4.74 Å². The molecular weight excluding hydrogens is 410 g/mol. The van der Waals surface area contributed by atoms with Crippen LogP contribution in [-0.4, -0.2) is 32.3 Å². The minimum Gasteiger partial charge on any atom is -0.480 e. The lowest BCUT2D eigenvalue weighted by Gasteiger charge is -2.60. The molecule has 6 rings (SSSR count). The van der Waals surface area contributed by atoms with E-state index in [-0.39, 0.29) is 17.3 Å². The lowest BCUT2D eigenvalue weighted by molar-refractivity contribution is -0.0571. The van der Waals surface area contributed by atoms with Crippen LogP contribution in [0.15, 0.2) is 36.7 Å². The standard InChI is InChI=1S/C24H28ClN5O/c1-23(2,31-19-5-3-18(25)4-6-19)21(27)30(14-26)20-16-9-15-10-17(20)13-24(11-15,12-16)22-28-7-8-29-22/h3-8,15-17,20,27H,9-13H2,1-2H3,(H,28,29). The fraction of sp³-hybridized carbons (Fsp3) is 0.542. The first-order valence-corrected chi connectivity index (χ1v) is 11.4. The van der Waals surface area contributed by atoms with Gasteiger partial charge in [0.1, 0.15) is 11.6 Å². The van der Waals surface area contributed by atoms with Crippen molar-refractivity contribution in [3.8, 4) is 11.9 Å². The van der Waals surface area contributed by atoms with Gasteiger partial charge < -0.3 is 9.72 Å². The summed E-state index contributed by atoms with van der Waals surface area (Å²) in [5.74, 6) is 3.43. The first kappa shape index (κ1) is 20.4. The maximum absolute atomic E-state index is 10.1. The zero-order valence-corrected chi connectivity index (χ0v) is 18.7. The Bertz CT molecular complexity index is 994. The number of amidine groups is 1. The number of hydrogen-bond acceptors (Lipinski definition) is 4. The largest absolute Gasteiger partial charge is 0.480 e. The molecule has 4 fully saturated rings. The maximum atomic E-state index is 10.1. The summed E-state index contributed by atoms with van der Waals surface area (Å²) >= 11 is 5.98. The zero-order valence-electron chi connectivity index (χ0n) is 17.9. The maximum Gasteiger partial charge on any atom is 0.185 e. The van der Waals surface area contributed by atoms with Crippen LogP contribution in [0.1, 0.15) is 51.8 Å². The lowest BCUT2D eigenvalue weighted by Crippen LogP contribution is -2.63. The van der Waals surface area contributed by atoms with Gasteiger partial charge in [-0.1, -0.05) is 11.6 Å². The summed E-state index contributed by atoms with van der Waals surface area (Å²) in [6, 6.07) is 7.19. The zero-order chi connectivity index (χ0) is 21.8. The number of imidazole rings is 1. The van der Waals surface area contributed by atoms with E-state index in [0.29, 0.717) is 28.5 Å². The molecule has 7 heteroatoms. The molecule has 4 bridgehead atoms. The van der Waals surface area contributed by atoms with E-state index in [1.165, 1.54) is 6.42 Å². The molecule has 0 saturated heterocycles. The minimum atomic E-state index is -0.934. The quantitative estimate of drug-likeness (QED) is 0.294. The third-order valence-corrected chi connectivity index (χ3v) is 7.88. The van der Waals surface area contributed by atoms with E-state index >= 15 is 0 Å². The number of ether oxygens (including phenoxy) is 1. The van der Waals surface area contributed by atoms with E-state index in [4.69, 9.17) is 21.7 Å². The Morgan fingerprint density at radius 2 is 1.94 bits per heavy atom. The van der Waals surface area contributed by atoms with Crippen molar-refractivity contribution in [1.82, 2.24) is 14.9 Å². The fourth-order valence-electron chi connectivity index (χ4n) is 6.67. The SMILES string of the molecule is CC(C)(Oc1ccc(Cl)cc1)C(=N)N(C#N)C1C2CC3CC1CC(c1ncc[nH]1)(C3)C2. The molecule has 2 atom stereocenters. The fourth-order valence-corrected chi connectivity index (χ4v) is 6.79. The average molecular weight is 438 g/mol. The van der Waals surface area contributed by atoms with Crippen LogP contribution in [0.5, 0.6) is 5.75 Å². The predicted octanol–water partition coefficient (Wildman–Crippen LogP) is 5.13. The molecule has 31 heavy (non-hydrogen) atoms. The van der Waals surface area contributed by atoms with Gasteiger partial charge in [-0.15, -0.1) is 0 Å². The molecule has 4 saturated carbocycles. The number of nitrogens with one attached hydrogen (secondary N) is 2. The van der Waals surface area contributed by atoms with Gasteiger partial charge in [0.25, 0.3) is 0 Å². The number of halogens is 1. The van der Waals surface area contributed by atoms with Crippen molar-refractivity contribution in [2.45, 2.75) is 63.0 Å². The first-order valence-electron chi connectivity index (χ1n) is 11.0. The van der Waals surface area contributed by atoms with Gasteiger partial charge in [-0.05, 0) is 88.0 Å². The highest BCUT2D eigenvalue weighted by atomic mass is 35.5. The van der Waals surface area contributed by atoms with Gasteiger partial charge in [-0.25, -0.2) is 4.98 Å². The number of nitriles is 1. The van der Waals surface area contributed by atoms with E-state index in [0.717, 1.165) is 31.5 Å². The van der Waals surface area contributed by atoms with Crippen molar-refractivity contribution in [3.05, 3.63) is 47.5 Å². The number of hydrogen-bond donors (Lipinski definition) is 2. The summed E-state index contributed by atoms with van der Waals surface area (Å²) in [6.07, 6.45) is 11.6. The van der Waals surface area contributed by atoms with Gasteiger partial charge in [-0.2, -0.15) is 5.26 Å². The summed E-state index contributed by atoms with van der Waals surface area (Å²) in [7, 11) is 0. The van der Waals surface area contributed by atoms with Crippen LogP contribution in [0.25, 0.3) is 0 Å². The number of H-pyrrole nitrogens is 1. The second-order valence-electron chi connectivity index (χ2n) is 10.1. The summed E-state index contributed by atoms with van der Waals surface area (Å²) < 4.78 is 6.13. The molecule has 0 spiro atoms. The smallest absolute Gasteiger partial charge is 0.185 e. The Kier molecular flexibility index (Phi) is 4.78. The summed E-state index contributed by atoms with van der Waals surface area (Å²) in [5.41, 5.74) is -0.827. The van der Waals surface area contributed by atoms with E-state index in [2.05, 4.69) is 16.2 Å². The Labute approximate surface area is 188 Å². The predicted molar refractivity (Wildman–Crippen MR) is 119 cm³/mol.